The van der Waals surface area contributed by atoms with Gasteiger partial charge in [-0.25, -0.2) is 4.68 Å². The number of aldehydes is 1. The van der Waals surface area contributed by atoms with Crippen molar-refractivity contribution in [2.45, 2.75) is 13.8 Å². The predicted octanol–water partition coefficient (Wildman–Crippen LogP) is 3.11. The topological polar surface area (TPSA) is 34.9 Å². The van der Waals surface area contributed by atoms with Crippen molar-refractivity contribution in [1.82, 2.24) is 9.78 Å². The van der Waals surface area contributed by atoms with Crippen molar-refractivity contribution in [3.8, 4) is 5.69 Å². The van der Waals surface area contributed by atoms with E-state index < -0.39 is 0 Å². The second kappa shape index (κ2) is 5.45. The van der Waals surface area contributed by atoms with Crippen LogP contribution in [-0.2, 0) is 4.79 Å². The van der Waals surface area contributed by atoms with Crippen LogP contribution in [0.4, 0.5) is 0 Å². The summed E-state index contributed by atoms with van der Waals surface area (Å²) in [5.74, 6) is 0.225. The van der Waals surface area contributed by atoms with E-state index in [4.69, 9.17) is 0 Å². The van der Waals surface area contributed by atoms with Gasteiger partial charge in [0.15, 0.2) is 0 Å². The normalized spacial score (nSPS) is 11.8. The Bertz CT molecular complexity index is 553. The van der Waals surface area contributed by atoms with Crippen LogP contribution in [0, 0.1) is 5.92 Å². The van der Waals surface area contributed by atoms with Crippen LogP contribution in [0.1, 0.15) is 19.4 Å². The van der Waals surface area contributed by atoms with Gasteiger partial charge in [0.05, 0.1) is 11.9 Å². The highest BCUT2D eigenvalue weighted by Crippen LogP contribution is 2.14. The summed E-state index contributed by atoms with van der Waals surface area (Å²) in [6, 6.07) is 9.89. The van der Waals surface area contributed by atoms with E-state index in [2.05, 4.69) is 5.10 Å². The summed E-state index contributed by atoms with van der Waals surface area (Å²) in [6.45, 7) is 4.00. The van der Waals surface area contributed by atoms with Gasteiger partial charge < -0.3 is 0 Å². The van der Waals surface area contributed by atoms with Gasteiger partial charge in [-0.3, -0.25) is 4.79 Å². The zero-order valence-corrected chi connectivity index (χ0v) is 10.6. The molecule has 1 aromatic carbocycles. The molecule has 0 aliphatic heterocycles. The lowest BCUT2D eigenvalue weighted by atomic mass is 10.0. The minimum Gasteiger partial charge on any atom is -0.298 e. The van der Waals surface area contributed by atoms with Crippen molar-refractivity contribution in [2.75, 3.05) is 0 Å². The largest absolute Gasteiger partial charge is 0.298 e. The number of benzene rings is 1. The van der Waals surface area contributed by atoms with Crippen LogP contribution in [-0.4, -0.2) is 16.1 Å². The SMILES string of the molecule is CC(C)C(C=O)=Cc1cnn(-c2ccccc2)c1. The van der Waals surface area contributed by atoms with Gasteiger partial charge in [-0.05, 0) is 29.7 Å². The summed E-state index contributed by atoms with van der Waals surface area (Å²) in [7, 11) is 0. The van der Waals surface area contributed by atoms with Crippen molar-refractivity contribution in [3.63, 3.8) is 0 Å². The number of nitrogens with zero attached hydrogens (tertiary/aromatic N) is 2. The monoisotopic (exact) mass is 240 g/mol. The summed E-state index contributed by atoms with van der Waals surface area (Å²) in [6.07, 6.45) is 6.47. The summed E-state index contributed by atoms with van der Waals surface area (Å²) in [5.41, 5.74) is 2.73. The number of para-hydroxylation sites is 1. The molecule has 0 N–H and O–H groups in total. The fourth-order valence-electron chi connectivity index (χ4n) is 1.66. The van der Waals surface area contributed by atoms with Crippen molar-refractivity contribution in [1.29, 1.82) is 0 Å². The fraction of sp³-hybridized carbons (Fsp3) is 0.200. The maximum Gasteiger partial charge on any atom is 0.146 e. The molecule has 1 aromatic heterocycles. The molecule has 0 unspecified atom stereocenters. The molecule has 3 heteroatoms. The molecule has 18 heavy (non-hydrogen) atoms. The van der Waals surface area contributed by atoms with Gasteiger partial charge in [-0.15, -0.1) is 0 Å². The van der Waals surface area contributed by atoms with E-state index in [0.717, 1.165) is 23.1 Å². The average molecular weight is 240 g/mol. The zero-order valence-electron chi connectivity index (χ0n) is 10.6. The van der Waals surface area contributed by atoms with E-state index in [9.17, 15) is 4.79 Å². The number of carbonyl (C=O) groups is 1. The summed E-state index contributed by atoms with van der Waals surface area (Å²) in [4.78, 5) is 10.9. The molecule has 0 radical (unpaired) electrons. The third kappa shape index (κ3) is 2.74. The summed E-state index contributed by atoms with van der Waals surface area (Å²) < 4.78 is 1.80. The molecule has 2 rings (SSSR count). The molecule has 0 aliphatic rings. The summed E-state index contributed by atoms with van der Waals surface area (Å²) >= 11 is 0. The van der Waals surface area contributed by atoms with Crippen molar-refractivity contribution < 1.29 is 4.79 Å². The molecule has 0 saturated carbocycles. The van der Waals surface area contributed by atoms with E-state index in [1.54, 1.807) is 10.9 Å². The Balaban J connectivity index is 2.29. The van der Waals surface area contributed by atoms with Gasteiger partial charge in [-0.2, -0.15) is 5.10 Å². The van der Waals surface area contributed by atoms with Crippen molar-refractivity contribution in [2.24, 2.45) is 5.92 Å². The molecule has 0 amide bonds. The molecule has 0 fully saturated rings. The number of carbonyl (C=O) groups excluding carboxylic acids is 1. The quantitative estimate of drug-likeness (QED) is 0.608. The van der Waals surface area contributed by atoms with Gasteiger partial charge in [0.1, 0.15) is 6.29 Å². The maximum absolute atomic E-state index is 10.9. The molecule has 0 bridgehead atoms. The highest BCUT2D eigenvalue weighted by Gasteiger charge is 2.03. The highest BCUT2D eigenvalue weighted by atomic mass is 16.1. The molecule has 0 saturated heterocycles. The Morgan fingerprint density at radius 2 is 2.00 bits per heavy atom. The third-order valence-corrected chi connectivity index (χ3v) is 2.76. The van der Waals surface area contributed by atoms with Crippen LogP contribution >= 0.6 is 0 Å². The van der Waals surface area contributed by atoms with Gasteiger partial charge in [0.25, 0.3) is 0 Å². The molecule has 2 aromatic rings. The second-order valence-corrected chi connectivity index (χ2v) is 4.47. The van der Waals surface area contributed by atoms with Crippen LogP contribution in [0.5, 0.6) is 0 Å². The van der Waals surface area contributed by atoms with E-state index >= 15 is 0 Å². The first-order chi connectivity index (χ1) is 8.70. The third-order valence-electron chi connectivity index (χ3n) is 2.76. The Morgan fingerprint density at radius 3 is 2.61 bits per heavy atom. The average Bonchev–Trinajstić information content (AvgIpc) is 2.85. The van der Waals surface area contributed by atoms with E-state index in [1.807, 2.05) is 56.5 Å². The zero-order chi connectivity index (χ0) is 13.0. The van der Waals surface area contributed by atoms with Crippen molar-refractivity contribution >= 4 is 12.4 Å². The Morgan fingerprint density at radius 1 is 1.28 bits per heavy atom. The molecule has 1 heterocycles. The minimum absolute atomic E-state index is 0.225. The maximum atomic E-state index is 10.9. The second-order valence-electron chi connectivity index (χ2n) is 4.47. The lowest BCUT2D eigenvalue weighted by molar-refractivity contribution is -0.105. The highest BCUT2D eigenvalue weighted by molar-refractivity contribution is 5.82. The number of aromatic nitrogens is 2. The van der Waals surface area contributed by atoms with Gasteiger partial charge in [0, 0.05) is 11.8 Å². The van der Waals surface area contributed by atoms with Crippen LogP contribution in [0.3, 0.4) is 0 Å². The van der Waals surface area contributed by atoms with Gasteiger partial charge >= 0.3 is 0 Å². The number of hydrogen-bond donors (Lipinski definition) is 0. The first-order valence-electron chi connectivity index (χ1n) is 5.97. The van der Waals surface area contributed by atoms with Crippen LogP contribution in [0.2, 0.25) is 0 Å². The molecule has 3 nitrogen and oxygen atoms in total. The smallest absolute Gasteiger partial charge is 0.146 e. The Kier molecular flexibility index (Phi) is 3.72. The standard InChI is InChI=1S/C15H16N2O/c1-12(2)14(11-18)8-13-9-16-17(10-13)15-6-4-3-5-7-15/h3-12H,1-2H3. The first kappa shape index (κ1) is 12.3. The Labute approximate surface area is 107 Å². The number of hydrogen-bond acceptors (Lipinski definition) is 2. The molecule has 92 valence electrons. The first-order valence-corrected chi connectivity index (χ1v) is 5.97. The molecule has 0 spiro atoms. The van der Waals surface area contributed by atoms with Gasteiger partial charge in [0.2, 0.25) is 0 Å². The lowest BCUT2D eigenvalue weighted by Gasteiger charge is -2.01. The van der Waals surface area contributed by atoms with Crippen LogP contribution < -0.4 is 0 Å². The molecular weight excluding hydrogens is 224 g/mol. The molecule has 0 aliphatic carbocycles. The fourth-order valence-corrected chi connectivity index (χ4v) is 1.66. The lowest BCUT2D eigenvalue weighted by Crippen LogP contribution is -1.94. The number of rotatable bonds is 4. The summed E-state index contributed by atoms with van der Waals surface area (Å²) in [5, 5.41) is 4.29. The Hall–Kier alpha value is -2.16. The van der Waals surface area contributed by atoms with Crippen molar-refractivity contribution in [3.05, 3.63) is 53.9 Å². The van der Waals surface area contributed by atoms with Crippen LogP contribution in [0.25, 0.3) is 11.8 Å². The predicted molar refractivity (Wildman–Crippen MR) is 72.4 cm³/mol. The molecular formula is C15H16N2O. The minimum atomic E-state index is 0.225. The van der Waals surface area contributed by atoms with Gasteiger partial charge in [-0.1, -0.05) is 32.0 Å². The number of allylic oxidation sites excluding steroid dienone is 1. The van der Waals surface area contributed by atoms with E-state index in [1.165, 1.54) is 0 Å². The van der Waals surface area contributed by atoms with Crippen LogP contribution in [0.15, 0.2) is 48.3 Å². The van der Waals surface area contributed by atoms with E-state index in [-0.39, 0.29) is 5.92 Å². The molecule has 0 atom stereocenters. The van der Waals surface area contributed by atoms with E-state index in [0.29, 0.717) is 0 Å².